The van der Waals surface area contributed by atoms with Crippen LogP contribution in [0.3, 0.4) is 0 Å². The van der Waals surface area contributed by atoms with E-state index in [0.717, 1.165) is 48.6 Å². The Labute approximate surface area is 147 Å². The van der Waals surface area contributed by atoms with Gasteiger partial charge in [-0.15, -0.1) is 0 Å². The lowest BCUT2D eigenvalue weighted by Gasteiger charge is -2.36. The number of H-pyrrole nitrogens is 1. The van der Waals surface area contributed by atoms with Gasteiger partial charge in [0.25, 0.3) is 0 Å². The number of nitrogens with zero attached hydrogens (tertiary/aromatic N) is 2. The van der Waals surface area contributed by atoms with Crippen molar-refractivity contribution < 1.29 is 4.79 Å². The summed E-state index contributed by atoms with van der Waals surface area (Å²) in [6, 6.07) is 7.76. The minimum atomic E-state index is -0.0165. The Balaban J connectivity index is 1.84. The number of likely N-dealkylation sites (tertiary alicyclic amines) is 1. The van der Waals surface area contributed by atoms with Gasteiger partial charge < -0.3 is 15.6 Å². The number of piperidine rings is 1. The van der Waals surface area contributed by atoms with Gasteiger partial charge in [0.2, 0.25) is 5.91 Å². The van der Waals surface area contributed by atoms with Crippen molar-refractivity contribution in [3.63, 3.8) is 0 Å². The molecular formula is C18H24N4OS. The third-order valence-electron chi connectivity index (χ3n) is 4.62. The Bertz CT molecular complexity index is 697. The van der Waals surface area contributed by atoms with Gasteiger partial charge in [-0.25, -0.2) is 4.98 Å². The smallest absolute Gasteiger partial charge is 0.236 e. The van der Waals surface area contributed by atoms with Gasteiger partial charge in [0.05, 0.1) is 23.2 Å². The van der Waals surface area contributed by atoms with Crippen molar-refractivity contribution in [1.82, 2.24) is 14.9 Å². The highest BCUT2D eigenvalue weighted by molar-refractivity contribution is 7.99. The van der Waals surface area contributed by atoms with Crippen LogP contribution >= 0.6 is 11.8 Å². The van der Waals surface area contributed by atoms with Crippen molar-refractivity contribution >= 4 is 23.4 Å². The van der Waals surface area contributed by atoms with Crippen LogP contribution in [0.2, 0.25) is 0 Å². The van der Waals surface area contributed by atoms with Gasteiger partial charge in [-0.2, -0.15) is 11.8 Å². The summed E-state index contributed by atoms with van der Waals surface area (Å²) in [4.78, 5) is 22.6. The van der Waals surface area contributed by atoms with Gasteiger partial charge in [0.1, 0.15) is 5.82 Å². The Hall–Kier alpha value is -1.95. The summed E-state index contributed by atoms with van der Waals surface area (Å²) in [7, 11) is 0. The summed E-state index contributed by atoms with van der Waals surface area (Å²) >= 11 is 1.59. The van der Waals surface area contributed by atoms with Crippen molar-refractivity contribution in [2.24, 2.45) is 0 Å². The van der Waals surface area contributed by atoms with Gasteiger partial charge in [-0.3, -0.25) is 4.79 Å². The van der Waals surface area contributed by atoms with E-state index in [4.69, 9.17) is 5.73 Å². The topological polar surface area (TPSA) is 75.0 Å². The van der Waals surface area contributed by atoms with Crippen LogP contribution in [-0.2, 0) is 4.79 Å². The first-order valence-electron chi connectivity index (χ1n) is 8.34. The number of amides is 1. The number of aromatic nitrogens is 2. The number of anilines is 1. The summed E-state index contributed by atoms with van der Waals surface area (Å²) < 4.78 is 0. The van der Waals surface area contributed by atoms with E-state index < -0.39 is 0 Å². The van der Waals surface area contributed by atoms with Crippen molar-refractivity contribution in [2.45, 2.75) is 37.5 Å². The third-order valence-corrected chi connectivity index (χ3v) is 5.53. The molecule has 0 saturated carbocycles. The Morgan fingerprint density at radius 1 is 1.38 bits per heavy atom. The largest absolute Gasteiger partial charge is 0.399 e. The Morgan fingerprint density at radius 3 is 2.83 bits per heavy atom. The number of carbonyl (C=O) groups excluding carboxylic acids is 1. The average Bonchev–Trinajstić information content (AvgIpc) is 3.11. The van der Waals surface area contributed by atoms with E-state index in [1.807, 2.05) is 48.5 Å². The average molecular weight is 344 g/mol. The van der Waals surface area contributed by atoms with Crippen molar-refractivity contribution in [2.75, 3.05) is 18.5 Å². The first-order valence-corrected chi connectivity index (χ1v) is 9.63. The standard InChI is InChI=1S/C18H24N4OS/c1-12(24-2)18(23)22-10-4-3-5-16(22)17-20-11-15(21-17)13-6-8-14(19)9-7-13/h6-9,11-12,16H,3-5,10,19H2,1-2H3,(H,20,21). The van der Waals surface area contributed by atoms with E-state index in [-0.39, 0.29) is 17.2 Å². The predicted octanol–water partition coefficient (Wildman–Crippen LogP) is 3.46. The van der Waals surface area contributed by atoms with E-state index in [1.54, 1.807) is 11.8 Å². The number of carbonyl (C=O) groups is 1. The predicted molar refractivity (Wildman–Crippen MR) is 99.7 cm³/mol. The molecule has 1 fully saturated rings. The first kappa shape index (κ1) is 16.9. The summed E-state index contributed by atoms with van der Waals surface area (Å²) in [5.41, 5.74) is 8.50. The zero-order valence-corrected chi connectivity index (χ0v) is 15.0. The number of nitrogens with one attached hydrogen (secondary N) is 1. The van der Waals surface area contributed by atoms with E-state index in [2.05, 4.69) is 9.97 Å². The number of benzene rings is 1. The highest BCUT2D eigenvalue weighted by Crippen LogP contribution is 2.32. The SMILES string of the molecule is CSC(C)C(=O)N1CCCCC1c1ncc(-c2ccc(N)cc2)[nH]1. The first-order chi connectivity index (χ1) is 11.6. The number of nitrogens with two attached hydrogens (primary N) is 1. The Morgan fingerprint density at radius 2 is 2.12 bits per heavy atom. The molecule has 3 rings (SSSR count). The normalized spacial score (nSPS) is 19.2. The lowest BCUT2D eigenvalue weighted by molar-refractivity contribution is -0.134. The van der Waals surface area contributed by atoms with Crippen LogP contribution in [0.4, 0.5) is 5.69 Å². The zero-order chi connectivity index (χ0) is 17.1. The fraction of sp³-hybridized carbons (Fsp3) is 0.444. The molecule has 2 aromatic rings. The Kier molecular flexibility index (Phi) is 5.14. The summed E-state index contributed by atoms with van der Waals surface area (Å²) in [5.74, 6) is 1.08. The van der Waals surface area contributed by atoms with Gasteiger partial charge in [0.15, 0.2) is 0 Å². The number of hydrogen-bond donors (Lipinski definition) is 2. The van der Waals surface area contributed by atoms with Crippen molar-refractivity contribution in [3.8, 4) is 11.3 Å². The van der Waals surface area contributed by atoms with Gasteiger partial charge in [0, 0.05) is 12.2 Å². The molecule has 2 heterocycles. The van der Waals surface area contributed by atoms with Gasteiger partial charge in [-0.05, 0) is 50.1 Å². The van der Waals surface area contributed by atoms with E-state index >= 15 is 0 Å². The highest BCUT2D eigenvalue weighted by Gasteiger charge is 2.32. The minimum Gasteiger partial charge on any atom is -0.399 e. The molecule has 2 atom stereocenters. The fourth-order valence-corrected chi connectivity index (χ4v) is 3.47. The maximum absolute atomic E-state index is 12.7. The van der Waals surface area contributed by atoms with Crippen molar-refractivity contribution in [1.29, 1.82) is 0 Å². The molecular weight excluding hydrogens is 320 g/mol. The van der Waals surface area contributed by atoms with Gasteiger partial charge in [-0.1, -0.05) is 12.1 Å². The zero-order valence-electron chi connectivity index (χ0n) is 14.2. The van der Waals surface area contributed by atoms with Crippen LogP contribution in [0.5, 0.6) is 0 Å². The molecule has 0 aliphatic carbocycles. The monoisotopic (exact) mass is 344 g/mol. The number of aromatic amines is 1. The maximum atomic E-state index is 12.7. The van der Waals surface area contributed by atoms with E-state index in [0.29, 0.717) is 0 Å². The lowest BCUT2D eigenvalue weighted by atomic mass is 10.0. The molecule has 0 bridgehead atoms. The summed E-state index contributed by atoms with van der Waals surface area (Å²) in [6.07, 6.45) is 6.97. The maximum Gasteiger partial charge on any atom is 0.236 e. The molecule has 24 heavy (non-hydrogen) atoms. The van der Waals surface area contributed by atoms with E-state index in [9.17, 15) is 4.79 Å². The second kappa shape index (κ2) is 7.30. The molecule has 1 saturated heterocycles. The number of nitrogen functional groups attached to an aromatic ring is 1. The molecule has 0 spiro atoms. The third kappa shape index (κ3) is 3.43. The minimum absolute atomic E-state index is 0.0165. The van der Waals surface area contributed by atoms with E-state index in [1.165, 1.54) is 0 Å². The fourth-order valence-electron chi connectivity index (χ4n) is 3.13. The molecule has 128 valence electrons. The van der Waals surface area contributed by atoms with Crippen LogP contribution in [0.25, 0.3) is 11.3 Å². The summed E-state index contributed by atoms with van der Waals surface area (Å²) in [6.45, 7) is 2.78. The number of imidazole rings is 1. The second-order valence-electron chi connectivity index (χ2n) is 6.23. The molecule has 1 aliphatic heterocycles. The van der Waals surface area contributed by atoms with Crippen LogP contribution in [0.1, 0.15) is 38.1 Å². The molecule has 6 heteroatoms. The molecule has 5 nitrogen and oxygen atoms in total. The lowest BCUT2D eigenvalue weighted by Crippen LogP contribution is -2.42. The summed E-state index contributed by atoms with van der Waals surface area (Å²) in [5, 5.41) is -0.0165. The quantitative estimate of drug-likeness (QED) is 0.833. The molecule has 1 amide bonds. The van der Waals surface area contributed by atoms with Crippen molar-refractivity contribution in [3.05, 3.63) is 36.3 Å². The van der Waals surface area contributed by atoms with Gasteiger partial charge >= 0.3 is 0 Å². The number of hydrogen-bond acceptors (Lipinski definition) is 4. The number of rotatable bonds is 4. The number of thioether (sulfide) groups is 1. The van der Waals surface area contributed by atoms with Crippen LogP contribution in [0, 0.1) is 0 Å². The van der Waals surface area contributed by atoms with Crippen LogP contribution < -0.4 is 5.73 Å². The second-order valence-corrected chi connectivity index (χ2v) is 7.40. The van der Waals surface area contributed by atoms with Crippen LogP contribution in [-0.4, -0.2) is 38.8 Å². The molecule has 1 aromatic carbocycles. The molecule has 3 N–H and O–H groups in total. The molecule has 1 aromatic heterocycles. The van der Waals surface area contributed by atoms with Crippen LogP contribution in [0.15, 0.2) is 30.5 Å². The molecule has 2 unspecified atom stereocenters. The molecule has 0 radical (unpaired) electrons. The molecule has 1 aliphatic rings. The highest BCUT2D eigenvalue weighted by atomic mass is 32.2.